The van der Waals surface area contributed by atoms with Gasteiger partial charge in [-0.25, -0.2) is 4.79 Å². The van der Waals surface area contributed by atoms with Crippen LogP contribution < -0.4 is 5.32 Å². The first-order valence-corrected chi connectivity index (χ1v) is 9.46. The molecule has 1 amide bonds. The van der Waals surface area contributed by atoms with Gasteiger partial charge in [-0.2, -0.15) is 0 Å². The highest BCUT2D eigenvalue weighted by molar-refractivity contribution is 7.98. The minimum absolute atomic E-state index is 0.0621. The number of rotatable bonds is 6. The molecule has 0 atom stereocenters. The van der Waals surface area contributed by atoms with Crippen molar-refractivity contribution < 1.29 is 19.1 Å². The summed E-state index contributed by atoms with van der Waals surface area (Å²) in [6, 6.07) is 9.10. The number of aromatic carboxylic acids is 1. The SMILES string of the molecule is O=C(NC1CCCCC1)c1ccccc1SCc1occc1C(=O)O. The first-order chi connectivity index (χ1) is 12.1. The third-order valence-electron chi connectivity index (χ3n) is 4.41. The van der Waals surface area contributed by atoms with E-state index < -0.39 is 5.97 Å². The highest BCUT2D eigenvalue weighted by Crippen LogP contribution is 2.28. The maximum atomic E-state index is 12.6. The summed E-state index contributed by atoms with van der Waals surface area (Å²) in [6.45, 7) is 0. The minimum atomic E-state index is -1.01. The Morgan fingerprint density at radius 3 is 2.64 bits per heavy atom. The number of amides is 1. The number of carbonyl (C=O) groups is 2. The van der Waals surface area contributed by atoms with Gasteiger partial charge < -0.3 is 14.8 Å². The van der Waals surface area contributed by atoms with Gasteiger partial charge in [0, 0.05) is 10.9 Å². The van der Waals surface area contributed by atoms with Crippen LogP contribution in [0.25, 0.3) is 0 Å². The smallest absolute Gasteiger partial charge is 0.339 e. The summed E-state index contributed by atoms with van der Waals surface area (Å²) in [5, 5.41) is 12.3. The van der Waals surface area contributed by atoms with E-state index in [4.69, 9.17) is 9.52 Å². The summed E-state index contributed by atoms with van der Waals surface area (Å²) in [6.07, 6.45) is 7.02. The Labute approximate surface area is 150 Å². The van der Waals surface area contributed by atoms with Gasteiger partial charge in [0.15, 0.2) is 0 Å². The van der Waals surface area contributed by atoms with Gasteiger partial charge in [0.05, 0.1) is 17.6 Å². The van der Waals surface area contributed by atoms with Crippen LogP contribution in [-0.2, 0) is 5.75 Å². The van der Waals surface area contributed by atoms with Gasteiger partial charge in [0.1, 0.15) is 11.3 Å². The van der Waals surface area contributed by atoms with Gasteiger partial charge in [-0.05, 0) is 31.0 Å². The van der Waals surface area contributed by atoms with E-state index in [-0.39, 0.29) is 17.5 Å². The van der Waals surface area contributed by atoms with E-state index >= 15 is 0 Å². The third kappa shape index (κ3) is 4.45. The largest absolute Gasteiger partial charge is 0.478 e. The van der Waals surface area contributed by atoms with Gasteiger partial charge >= 0.3 is 5.97 Å². The maximum Gasteiger partial charge on any atom is 0.339 e. The second-order valence-electron chi connectivity index (χ2n) is 6.16. The van der Waals surface area contributed by atoms with Crippen molar-refractivity contribution in [1.29, 1.82) is 0 Å². The lowest BCUT2D eigenvalue weighted by molar-refractivity contribution is 0.0694. The fraction of sp³-hybridized carbons (Fsp3) is 0.368. The number of hydrogen-bond acceptors (Lipinski definition) is 4. The van der Waals surface area contributed by atoms with E-state index in [1.54, 1.807) is 6.07 Å². The third-order valence-corrected chi connectivity index (χ3v) is 5.48. The molecule has 0 spiro atoms. The van der Waals surface area contributed by atoms with Gasteiger partial charge in [0.2, 0.25) is 0 Å². The summed E-state index contributed by atoms with van der Waals surface area (Å²) in [7, 11) is 0. The van der Waals surface area contributed by atoms with Crippen LogP contribution >= 0.6 is 11.8 Å². The molecular formula is C19H21NO4S. The van der Waals surface area contributed by atoms with Crippen molar-refractivity contribution in [3.05, 3.63) is 53.5 Å². The fourth-order valence-corrected chi connectivity index (χ4v) is 4.08. The van der Waals surface area contributed by atoms with Crippen LogP contribution in [0.2, 0.25) is 0 Å². The second-order valence-corrected chi connectivity index (χ2v) is 7.17. The Morgan fingerprint density at radius 2 is 1.88 bits per heavy atom. The lowest BCUT2D eigenvalue weighted by Crippen LogP contribution is -2.36. The second kappa shape index (κ2) is 8.25. The molecule has 6 heteroatoms. The van der Waals surface area contributed by atoms with E-state index in [9.17, 15) is 9.59 Å². The minimum Gasteiger partial charge on any atom is -0.478 e. The first-order valence-electron chi connectivity index (χ1n) is 8.47. The van der Waals surface area contributed by atoms with Crippen molar-refractivity contribution in [3.63, 3.8) is 0 Å². The molecule has 2 aromatic rings. The zero-order valence-corrected chi connectivity index (χ0v) is 14.7. The number of thioether (sulfide) groups is 1. The predicted octanol–water partition coefficient (Wildman–Crippen LogP) is 4.33. The van der Waals surface area contributed by atoms with E-state index in [1.165, 1.54) is 30.5 Å². The van der Waals surface area contributed by atoms with Crippen LogP contribution in [0.5, 0.6) is 0 Å². The molecule has 1 aliphatic carbocycles. The molecule has 5 nitrogen and oxygen atoms in total. The standard InChI is InChI=1S/C19H21NO4S/c21-18(20-13-6-2-1-3-7-13)15-8-4-5-9-17(15)25-12-16-14(19(22)23)10-11-24-16/h4-5,8-11,13H,1-3,6-7,12H2,(H,20,21)(H,22,23). The summed E-state index contributed by atoms with van der Waals surface area (Å²) >= 11 is 1.41. The number of benzene rings is 1. The summed E-state index contributed by atoms with van der Waals surface area (Å²) in [5.74, 6) is -0.303. The van der Waals surface area contributed by atoms with Crippen molar-refractivity contribution in [2.45, 2.75) is 48.8 Å². The van der Waals surface area contributed by atoms with Crippen LogP contribution in [0.4, 0.5) is 0 Å². The molecular weight excluding hydrogens is 338 g/mol. The number of furan rings is 1. The number of carbonyl (C=O) groups excluding carboxylic acids is 1. The summed E-state index contributed by atoms with van der Waals surface area (Å²) < 4.78 is 5.27. The summed E-state index contributed by atoms with van der Waals surface area (Å²) in [4.78, 5) is 24.6. The molecule has 1 aromatic carbocycles. The number of nitrogens with one attached hydrogen (secondary N) is 1. The Kier molecular flexibility index (Phi) is 5.81. The van der Waals surface area contributed by atoms with Gasteiger partial charge in [-0.3, -0.25) is 4.79 Å². The van der Waals surface area contributed by atoms with E-state index in [0.717, 1.165) is 30.6 Å². The van der Waals surface area contributed by atoms with E-state index in [0.29, 0.717) is 17.1 Å². The molecule has 0 saturated heterocycles. The first kappa shape index (κ1) is 17.6. The topological polar surface area (TPSA) is 79.5 Å². The van der Waals surface area contributed by atoms with Crippen molar-refractivity contribution in [2.24, 2.45) is 0 Å². The van der Waals surface area contributed by atoms with Crippen molar-refractivity contribution in [2.75, 3.05) is 0 Å². The molecule has 1 fully saturated rings. The molecule has 132 valence electrons. The molecule has 1 aliphatic rings. The molecule has 1 saturated carbocycles. The molecule has 0 radical (unpaired) electrons. The van der Waals surface area contributed by atoms with Crippen LogP contribution in [0.15, 0.2) is 45.9 Å². The fourth-order valence-electron chi connectivity index (χ4n) is 3.08. The number of carboxylic acid groups (broad SMARTS) is 1. The lowest BCUT2D eigenvalue weighted by atomic mass is 9.95. The molecule has 0 bridgehead atoms. The Hall–Kier alpha value is -2.21. The molecule has 2 N–H and O–H groups in total. The highest BCUT2D eigenvalue weighted by Gasteiger charge is 2.19. The number of hydrogen-bond donors (Lipinski definition) is 2. The average Bonchev–Trinajstić information content (AvgIpc) is 3.10. The van der Waals surface area contributed by atoms with E-state index in [1.807, 2.05) is 18.2 Å². The average molecular weight is 359 g/mol. The van der Waals surface area contributed by atoms with Crippen LogP contribution in [0.1, 0.15) is 58.6 Å². The molecule has 3 rings (SSSR count). The summed E-state index contributed by atoms with van der Waals surface area (Å²) in [5.41, 5.74) is 0.790. The Morgan fingerprint density at radius 1 is 1.12 bits per heavy atom. The zero-order valence-electron chi connectivity index (χ0n) is 13.9. The predicted molar refractivity (Wildman–Crippen MR) is 96.0 cm³/mol. The van der Waals surface area contributed by atoms with Crippen molar-refractivity contribution in [3.8, 4) is 0 Å². The number of carboxylic acids is 1. The molecule has 1 aromatic heterocycles. The van der Waals surface area contributed by atoms with Crippen LogP contribution in [0, 0.1) is 0 Å². The van der Waals surface area contributed by atoms with Gasteiger partial charge in [-0.15, -0.1) is 11.8 Å². The van der Waals surface area contributed by atoms with Crippen molar-refractivity contribution >= 4 is 23.6 Å². The van der Waals surface area contributed by atoms with Gasteiger partial charge in [0.25, 0.3) is 5.91 Å². The Balaban J connectivity index is 1.68. The molecule has 1 heterocycles. The molecule has 25 heavy (non-hydrogen) atoms. The Bertz CT molecular complexity index is 749. The van der Waals surface area contributed by atoms with Crippen LogP contribution in [0.3, 0.4) is 0 Å². The maximum absolute atomic E-state index is 12.6. The van der Waals surface area contributed by atoms with Crippen LogP contribution in [-0.4, -0.2) is 23.0 Å². The lowest BCUT2D eigenvalue weighted by Gasteiger charge is -2.23. The quantitative estimate of drug-likeness (QED) is 0.750. The normalized spacial score (nSPS) is 15.0. The highest BCUT2D eigenvalue weighted by atomic mass is 32.2. The molecule has 0 aliphatic heterocycles. The van der Waals surface area contributed by atoms with Crippen molar-refractivity contribution in [1.82, 2.24) is 5.32 Å². The van der Waals surface area contributed by atoms with E-state index in [2.05, 4.69) is 5.32 Å². The molecule has 0 unspecified atom stereocenters. The zero-order chi connectivity index (χ0) is 17.6. The monoisotopic (exact) mass is 359 g/mol. The van der Waals surface area contributed by atoms with Gasteiger partial charge in [-0.1, -0.05) is 31.4 Å².